The SMILES string of the molecule is C=C(C)C(=O)Oc1ccccc1CC(N)C(=O)O. The third kappa shape index (κ3) is 3.71. The van der Waals surface area contributed by atoms with Crippen molar-refractivity contribution in [3.8, 4) is 5.75 Å². The number of benzene rings is 1. The zero-order valence-electron chi connectivity index (χ0n) is 10.1. The predicted octanol–water partition coefficient (Wildman–Crippen LogP) is 1.12. The summed E-state index contributed by atoms with van der Waals surface area (Å²) in [5.74, 6) is -1.34. The van der Waals surface area contributed by atoms with Crippen LogP contribution in [0.1, 0.15) is 12.5 Å². The highest BCUT2D eigenvalue weighted by atomic mass is 16.5. The van der Waals surface area contributed by atoms with Gasteiger partial charge >= 0.3 is 11.9 Å². The number of nitrogens with two attached hydrogens (primary N) is 1. The van der Waals surface area contributed by atoms with Crippen LogP contribution in [0, 0.1) is 0 Å². The predicted molar refractivity (Wildman–Crippen MR) is 66.2 cm³/mol. The molecule has 0 fully saturated rings. The Labute approximate surface area is 105 Å². The molecule has 0 saturated carbocycles. The summed E-state index contributed by atoms with van der Waals surface area (Å²) in [5, 5.41) is 8.76. The number of carbonyl (C=O) groups is 2. The van der Waals surface area contributed by atoms with Crippen molar-refractivity contribution >= 4 is 11.9 Å². The summed E-state index contributed by atoms with van der Waals surface area (Å²) in [6.45, 7) is 5.01. The van der Waals surface area contributed by atoms with Gasteiger partial charge in [-0.3, -0.25) is 4.79 Å². The van der Waals surface area contributed by atoms with Crippen LogP contribution in [0.4, 0.5) is 0 Å². The van der Waals surface area contributed by atoms with Crippen LogP contribution in [-0.2, 0) is 16.0 Å². The van der Waals surface area contributed by atoms with Gasteiger partial charge in [0.1, 0.15) is 11.8 Å². The Kier molecular flexibility index (Phi) is 4.62. The summed E-state index contributed by atoms with van der Waals surface area (Å²) < 4.78 is 5.10. The molecule has 1 atom stereocenters. The van der Waals surface area contributed by atoms with Gasteiger partial charge in [-0.15, -0.1) is 0 Å². The molecule has 1 aromatic carbocycles. The first kappa shape index (κ1) is 13.9. The Morgan fingerprint density at radius 2 is 2.06 bits per heavy atom. The van der Waals surface area contributed by atoms with Crippen molar-refractivity contribution in [1.29, 1.82) is 0 Å². The molecule has 0 heterocycles. The number of carboxylic acids is 1. The van der Waals surface area contributed by atoms with E-state index in [1.54, 1.807) is 24.3 Å². The minimum atomic E-state index is -1.10. The number of aliphatic carboxylic acids is 1. The molecule has 1 rings (SSSR count). The van der Waals surface area contributed by atoms with Crippen molar-refractivity contribution in [2.24, 2.45) is 5.73 Å². The number of para-hydroxylation sites is 1. The van der Waals surface area contributed by atoms with Crippen molar-refractivity contribution < 1.29 is 19.4 Å². The van der Waals surface area contributed by atoms with Gasteiger partial charge in [0.05, 0.1) is 0 Å². The third-order valence-corrected chi connectivity index (χ3v) is 2.28. The molecule has 0 aliphatic heterocycles. The first-order valence-electron chi connectivity index (χ1n) is 5.35. The van der Waals surface area contributed by atoms with E-state index in [2.05, 4.69) is 6.58 Å². The highest BCUT2D eigenvalue weighted by Crippen LogP contribution is 2.20. The number of carbonyl (C=O) groups excluding carboxylic acids is 1. The molecule has 18 heavy (non-hydrogen) atoms. The number of hydrogen-bond donors (Lipinski definition) is 2. The lowest BCUT2D eigenvalue weighted by molar-refractivity contribution is -0.138. The average Bonchev–Trinajstić information content (AvgIpc) is 2.31. The Balaban J connectivity index is 2.89. The van der Waals surface area contributed by atoms with Crippen LogP contribution in [0.5, 0.6) is 5.75 Å². The molecule has 0 spiro atoms. The fourth-order valence-corrected chi connectivity index (χ4v) is 1.28. The lowest BCUT2D eigenvalue weighted by Gasteiger charge is -2.11. The number of ether oxygens (including phenoxy) is 1. The van der Waals surface area contributed by atoms with Crippen LogP contribution in [0.2, 0.25) is 0 Å². The van der Waals surface area contributed by atoms with Crippen LogP contribution in [-0.4, -0.2) is 23.1 Å². The second-order valence-electron chi connectivity index (χ2n) is 3.93. The number of carboxylic acid groups (broad SMARTS) is 1. The minimum Gasteiger partial charge on any atom is -0.480 e. The summed E-state index contributed by atoms with van der Waals surface area (Å²) in [5.41, 5.74) is 6.29. The Morgan fingerprint density at radius 3 is 2.61 bits per heavy atom. The number of rotatable bonds is 5. The van der Waals surface area contributed by atoms with Gasteiger partial charge < -0.3 is 15.6 Å². The molecule has 0 radical (unpaired) electrons. The van der Waals surface area contributed by atoms with E-state index in [-0.39, 0.29) is 12.0 Å². The standard InChI is InChI=1S/C13H15NO4/c1-8(2)13(17)18-11-6-4-3-5-9(11)7-10(14)12(15)16/h3-6,10H,1,7,14H2,2H3,(H,15,16). The van der Waals surface area contributed by atoms with E-state index in [4.69, 9.17) is 15.6 Å². The second-order valence-corrected chi connectivity index (χ2v) is 3.93. The van der Waals surface area contributed by atoms with E-state index in [1.165, 1.54) is 6.92 Å². The molecule has 96 valence electrons. The molecule has 5 heteroatoms. The normalized spacial score (nSPS) is 11.7. The molecule has 3 N–H and O–H groups in total. The average molecular weight is 249 g/mol. The molecule has 0 aromatic heterocycles. The van der Waals surface area contributed by atoms with Gasteiger partial charge in [0.25, 0.3) is 0 Å². The zero-order valence-corrected chi connectivity index (χ0v) is 10.1. The molecule has 0 aliphatic carbocycles. The first-order valence-corrected chi connectivity index (χ1v) is 5.35. The maximum absolute atomic E-state index is 11.4. The fourth-order valence-electron chi connectivity index (χ4n) is 1.28. The highest BCUT2D eigenvalue weighted by Gasteiger charge is 2.16. The fraction of sp³-hybridized carbons (Fsp3) is 0.231. The lowest BCUT2D eigenvalue weighted by Crippen LogP contribution is -2.32. The maximum atomic E-state index is 11.4. The van der Waals surface area contributed by atoms with Crippen LogP contribution in [0.3, 0.4) is 0 Å². The van der Waals surface area contributed by atoms with E-state index >= 15 is 0 Å². The first-order chi connectivity index (χ1) is 8.41. The largest absolute Gasteiger partial charge is 0.480 e. The molecular weight excluding hydrogens is 234 g/mol. The van der Waals surface area contributed by atoms with Crippen molar-refractivity contribution in [2.45, 2.75) is 19.4 Å². The maximum Gasteiger partial charge on any atom is 0.338 e. The molecule has 0 aliphatic rings. The topological polar surface area (TPSA) is 89.6 Å². The second kappa shape index (κ2) is 5.97. The summed E-state index contributed by atoms with van der Waals surface area (Å²) >= 11 is 0. The van der Waals surface area contributed by atoms with Gasteiger partial charge in [-0.05, 0) is 18.6 Å². The molecule has 1 aromatic rings. The van der Waals surface area contributed by atoms with Crippen molar-refractivity contribution in [3.63, 3.8) is 0 Å². The Bertz CT molecular complexity index is 482. The summed E-state index contributed by atoms with van der Waals surface area (Å²) in [6.07, 6.45) is 0.0922. The Hall–Kier alpha value is -2.14. The summed E-state index contributed by atoms with van der Waals surface area (Å²) in [4.78, 5) is 22.1. The molecule has 1 unspecified atom stereocenters. The van der Waals surface area contributed by atoms with Crippen molar-refractivity contribution in [3.05, 3.63) is 42.0 Å². The van der Waals surface area contributed by atoms with Crippen LogP contribution < -0.4 is 10.5 Å². The minimum absolute atomic E-state index is 0.0922. The molecule has 0 bridgehead atoms. The van der Waals surface area contributed by atoms with Crippen molar-refractivity contribution in [1.82, 2.24) is 0 Å². The summed E-state index contributed by atoms with van der Waals surface area (Å²) in [6, 6.07) is 5.64. The third-order valence-electron chi connectivity index (χ3n) is 2.28. The Morgan fingerprint density at radius 1 is 1.44 bits per heavy atom. The molecule has 5 nitrogen and oxygen atoms in total. The zero-order chi connectivity index (χ0) is 13.7. The molecular formula is C13H15NO4. The van der Waals surface area contributed by atoms with E-state index in [9.17, 15) is 9.59 Å². The quantitative estimate of drug-likeness (QED) is 0.463. The summed E-state index contributed by atoms with van der Waals surface area (Å²) in [7, 11) is 0. The van der Waals surface area contributed by atoms with E-state index in [0.29, 0.717) is 11.3 Å². The van der Waals surface area contributed by atoms with E-state index < -0.39 is 18.0 Å². The lowest BCUT2D eigenvalue weighted by atomic mass is 10.1. The monoisotopic (exact) mass is 249 g/mol. The van der Waals surface area contributed by atoms with Crippen LogP contribution >= 0.6 is 0 Å². The molecule has 0 amide bonds. The van der Waals surface area contributed by atoms with Crippen LogP contribution in [0.15, 0.2) is 36.4 Å². The van der Waals surface area contributed by atoms with Crippen molar-refractivity contribution in [2.75, 3.05) is 0 Å². The van der Waals surface area contributed by atoms with Crippen LogP contribution in [0.25, 0.3) is 0 Å². The van der Waals surface area contributed by atoms with Gasteiger partial charge in [0, 0.05) is 12.0 Å². The van der Waals surface area contributed by atoms with E-state index in [1.807, 2.05) is 0 Å². The molecule has 0 saturated heterocycles. The van der Waals surface area contributed by atoms with Gasteiger partial charge in [0.2, 0.25) is 0 Å². The van der Waals surface area contributed by atoms with E-state index in [0.717, 1.165) is 0 Å². The van der Waals surface area contributed by atoms with Gasteiger partial charge in [-0.1, -0.05) is 24.8 Å². The smallest absolute Gasteiger partial charge is 0.338 e. The number of esters is 1. The van der Waals surface area contributed by atoms with Gasteiger partial charge in [-0.25, -0.2) is 4.79 Å². The highest BCUT2D eigenvalue weighted by molar-refractivity contribution is 5.89. The number of hydrogen-bond acceptors (Lipinski definition) is 4. The van der Waals surface area contributed by atoms with Gasteiger partial charge in [0.15, 0.2) is 0 Å². The van der Waals surface area contributed by atoms with Gasteiger partial charge in [-0.2, -0.15) is 0 Å².